The third-order valence-electron chi connectivity index (χ3n) is 4.33. The number of hydrogen-bond donors (Lipinski definition) is 3. The lowest BCUT2D eigenvalue weighted by atomic mass is 10.2. The van der Waals surface area contributed by atoms with E-state index in [-0.39, 0.29) is 31.2 Å². The highest BCUT2D eigenvalue weighted by molar-refractivity contribution is 5.99. The first-order valence-corrected chi connectivity index (χ1v) is 11.0. The molecule has 2 aromatic rings. The molecule has 178 valence electrons. The van der Waals surface area contributed by atoms with E-state index in [0.717, 1.165) is 11.3 Å². The zero-order valence-electron chi connectivity index (χ0n) is 19.7. The molecule has 0 unspecified atom stereocenters. The highest BCUT2D eigenvalue weighted by Gasteiger charge is 2.16. The number of carbonyl (C=O) groups is 3. The SMILES string of the molecule is Cc1ccc(OCCCC(=O)Nc2ccccc2NC(=O)CCNC(=O)OC(C)(C)C)cc1. The summed E-state index contributed by atoms with van der Waals surface area (Å²) in [7, 11) is 0. The molecule has 0 atom stereocenters. The Balaban J connectivity index is 1.74. The molecular weight excluding hydrogens is 422 g/mol. The van der Waals surface area contributed by atoms with Crippen molar-refractivity contribution in [3.8, 4) is 5.75 Å². The zero-order valence-corrected chi connectivity index (χ0v) is 19.7. The molecule has 0 bridgehead atoms. The maximum absolute atomic E-state index is 12.3. The van der Waals surface area contributed by atoms with E-state index in [1.165, 1.54) is 0 Å². The number of anilines is 2. The van der Waals surface area contributed by atoms with Crippen LogP contribution in [-0.2, 0) is 14.3 Å². The molecule has 0 aliphatic carbocycles. The molecule has 2 rings (SSSR count). The Labute approximate surface area is 195 Å². The second-order valence-electron chi connectivity index (χ2n) is 8.59. The average Bonchev–Trinajstić information content (AvgIpc) is 2.72. The number of rotatable bonds is 10. The maximum Gasteiger partial charge on any atom is 0.407 e. The summed E-state index contributed by atoms with van der Waals surface area (Å²) in [6.45, 7) is 7.87. The minimum atomic E-state index is -0.601. The summed E-state index contributed by atoms with van der Waals surface area (Å²) >= 11 is 0. The monoisotopic (exact) mass is 455 g/mol. The van der Waals surface area contributed by atoms with E-state index >= 15 is 0 Å². The van der Waals surface area contributed by atoms with Crippen molar-refractivity contribution >= 4 is 29.3 Å². The largest absolute Gasteiger partial charge is 0.494 e. The highest BCUT2D eigenvalue weighted by atomic mass is 16.6. The molecule has 0 heterocycles. The number of hydrogen-bond acceptors (Lipinski definition) is 5. The molecule has 33 heavy (non-hydrogen) atoms. The van der Waals surface area contributed by atoms with Crippen LogP contribution in [0.2, 0.25) is 0 Å². The number of nitrogens with one attached hydrogen (secondary N) is 3. The van der Waals surface area contributed by atoms with Gasteiger partial charge in [0, 0.05) is 19.4 Å². The Hall–Kier alpha value is -3.55. The van der Waals surface area contributed by atoms with Crippen LogP contribution in [0.4, 0.5) is 16.2 Å². The minimum absolute atomic E-state index is 0.0673. The third-order valence-corrected chi connectivity index (χ3v) is 4.33. The third kappa shape index (κ3) is 10.5. The van der Waals surface area contributed by atoms with Crippen LogP contribution in [0.3, 0.4) is 0 Å². The summed E-state index contributed by atoms with van der Waals surface area (Å²) < 4.78 is 10.8. The van der Waals surface area contributed by atoms with Crippen LogP contribution in [0, 0.1) is 6.92 Å². The fourth-order valence-corrected chi connectivity index (χ4v) is 2.78. The Morgan fingerprint density at radius 2 is 1.42 bits per heavy atom. The number of carbonyl (C=O) groups excluding carboxylic acids is 3. The fraction of sp³-hybridized carbons (Fsp3) is 0.400. The summed E-state index contributed by atoms with van der Waals surface area (Å²) in [5.41, 5.74) is 1.56. The van der Waals surface area contributed by atoms with Crippen molar-refractivity contribution in [2.75, 3.05) is 23.8 Å². The molecule has 0 aliphatic rings. The summed E-state index contributed by atoms with van der Waals surface area (Å²) in [5.74, 6) is 0.310. The molecule has 0 radical (unpaired) electrons. The van der Waals surface area contributed by atoms with Gasteiger partial charge in [-0.3, -0.25) is 9.59 Å². The van der Waals surface area contributed by atoms with E-state index in [1.54, 1.807) is 45.0 Å². The number of alkyl carbamates (subject to hydrolysis) is 1. The average molecular weight is 456 g/mol. The van der Waals surface area contributed by atoms with Crippen LogP contribution in [0.25, 0.3) is 0 Å². The van der Waals surface area contributed by atoms with E-state index in [4.69, 9.17) is 9.47 Å². The van der Waals surface area contributed by atoms with Gasteiger partial charge in [-0.05, 0) is 58.4 Å². The molecule has 0 aromatic heterocycles. The maximum atomic E-state index is 12.3. The predicted molar refractivity (Wildman–Crippen MR) is 128 cm³/mol. The first kappa shape index (κ1) is 25.7. The molecule has 0 saturated heterocycles. The number of aryl methyl sites for hydroxylation is 1. The minimum Gasteiger partial charge on any atom is -0.494 e. The van der Waals surface area contributed by atoms with Crippen LogP contribution in [0.5, 0.6) is 5.75 Å². The lowest BCUT2D eigenvalue weighted by Crippen LogP contribution is -2.34. The topological polar surface area (TPSA) is 106 Å². The molecule has 0 fully saturated rings. The van der Waals surface area contributed by atoms with Gasteiger partial charge >= 0.3 is 6.09 Å². The van der Waals surface area contributed by atoms with Crippen molar-refractivity contribution in [2.45, 2.75) is 52.6 Å². The summed E-state index contributed by atoms with van der Waals surface area (Å²) in [6.07, 6.45) is 0.338. The molecular formula is C25H33N3O5. The first-order chi connectivity index (χ1) is 15.6. The number of ether oxygens (including phenoxy) is 2. The van der Waals surface area contributed by atoms with Gasteiger partial charge in [0.15, 0.2) is 0 Å². The molecule has 2 aromatic carbocycles. The van der Waals surface area contributed by atoms with Gasteiger partial charge in [-0.2, -0.15) is 0 Å². The Morgan fingerprint density at radius 3 is 2.00 bits per heavy atom. The quantitative estimate of drug-likeness (QED) is 0.453. The predicted octanol–water partition coefficient (Wildman–Crippen LogP) is 4.65. The molecule has 8 heteroatoms. The van der Waals surface area contributed by atoms with Gasteiger partial charge in [-0.1, -0.05) is 29.8 Å². The van der Waals surface area contributed by atoms with Crippen molar-refractivity contribution in [1.29, 1.82) is 0 Å². The van der Waals surface area contributed by atoms with Crippen molar-refractivity contribution in [3.63, 3.8) is 0 Å². The molecule has 0 spiro atoms. The molecule has 3 amide bonds. The number of amides is 3. The molecule has 0 saturated carbocycles. The second-order valence-corrected chi connectivity index (χ2v) is 8.59. The smallest absolute Gasteiger partial charge is 0.407 e. The number of benzene rings is 2. The molecule has 3 N–H and O–H groups in total. The first-order valence-electron chi connectivity index (χ1n) is 11.0. The Bertz CT molecular complexity index is 936. The van der Waals surface area contributed by atoms with Crippen LogP contribution in [-0.4, -0.2) is 36.7 Å². The summed E-state index contributed by atoms with van der Waals surface area (Å²) in [4.78, 5) is 36.2. The van der Waals surface area contributed by atoms with Gasteiger partial charge in [-0.25, -0.2) is 4.79 Å². The second kappa shape index (κ2) is 12.5. The van der Waals surface area contributed by atoms with Crippen LogP contribution in [0.15, 0.2) is 48.5 Å². The van der Waals surface area contributed by atoms with Gasteiger partial charge in [0.05, 0.1) is 18.0 Å². The van der Waals surface area contributed by atoms with Crippen LogP contribution >= 0.6 is 0 Å². The van der Waals surface area contributed by atoms with Gasteiger partial charge in [0.1, 0.15) is 11.4 Å². The van der Waals surface area contributed by atoms with E-state index in [1.807, 2.05) is 31.2 Å². The molecule has 8 nitrogen and oxygen atoms in total. The van der Waals surface area contributed by atoms with E-state index in [0.29, 0.717) is 24.4 Å². The van der Waals surface area contributed by atoms with Gasteiger partial charge in [0.25, 0.3) is 0 Å². The van der Waals surface area contributed by atoms with E-state index in [2.05, 4.69) is 16.0 Å². The van der Waals surface area contributed by atoms with Crippen molar-refractivity contribution < 1.29 is 23.9 Å². The standard InChI is InChI=1S/C25H33N3O5/c1-18-11-13-19(14-12-18)32-17-7-10-22(29)27-20-8-5-6-9-21(20)28-23(30)15-16-26-24(31)33-25(2,3)4/h5-6,8-9,11-14H,7,10,15-17H2,1-4H3,(H,26,31)(H,27,29)(H,28,30). The Kier molecular flexibility index (Phi) is 9.72. The lowest BCUT2D eigenvalue weighted by molar-refractivity contribution is -0.117. The van der Waals surface area contributed by atoms with Gasteiger partial charge in [-0.15, -0.1) is 0 Å². The normalized spacial score (nSPS) is 10.8. The fourth-order valence-electron chi connectivity index (χ4n) is 2.78. The highest BCUT2D eigenvalue weighted by Crippen LogP contribution is 2.21. The van der Waals surface area contributed by atoms with E-state index in [9.17, 15) is 14.4 Å². The molecule has 0 aliphatic heterocycles. The Morgan fingerprint density at radius 1 is 0.848 bits per heavy atom. The summed E-state index contributed by atoms with van der Waals surface area (Å²) in [6, 6.07) is 14.7. The van der Waals surface area contributed by atoms with Crippen LogP contribution < -0.4 is 20.7 Å². The van der Waals surface area contributed by atoms with Crippen molar-refractivity contribution in [3.05, 3.63) is 54.1 Å². The lowest BCUT2D eigenvalue weighted by Gasteiger charge is -2.19. The number of para-hydroxylation sites is 2. The van der Waals surface area contributed by atoms with Gasteiger partial charge < -0.3 is 25.4 Å². The van der Waals surface area contributed by atoms with Crippen molar-refractivity contribution in [2.24, 2.45) is 0 Å². The zero-order chi connectivity index (χ0) is 24.3. The van der Waals surface area contributed by atoms with Crippen molar-refractivity contribution in [1.82, 2.24) is 5.32 Å². The van der Waals surface area contributed by atoms with E-state index < -0.39 is 11.7 Å². The summed E-state index contributed by atoms with van der Waals surface area (Å²) in [5, 5.41) is 8.13. The van der Waals surface area contributed by atoms with Crippen LogP contribution in [0.1, 0.15) is 45.6 Å². The van der Waals surface area contributed by atoms with Gasteiger partial charge in [0.2, 0.25) is 11.8 Å².